The van der Waals surface area contributed by atoms with Crippen LogP contribution in [0.2, 0.25) is 0 Å². The van der Waals surface area contributed by atoms with E-state index in [9.17, 15) is 9.90 Å². The molecule has 18 heavy (non-hydrogen) atoms. The Labute approximate surface area is 107 Å². The van der Waals surface area contributed by atoms with Crippen molar-refractivity contribution in [3.63, 3.8) is 0 Å². The van der Waals surface area contributed by atoms with Crippen molar-refractivity contribution >= 4 is 11.6 Å². The van der Waals surface area contributed by atoms with Crippen LogP contribution in [0.4, 0.5) is 5.69 Å². The number of aliphatic hydroxyl groups is 1. The van der Waals surface area contributed by atoms with Crippen LogP contribution in [0, 0.1) is 0 Å². The SMILES string of the molecule is CCCC(O)CNC(=O)c1ccc2c(c1)NCC2. The molecule has 0 fully saturated rings. The Bertz CT molecular complexity index is 432. The predicted octanol–water partition coefficient (Wildman–Crippen LogP) is 1.55. The number of rotatable bonds is 5. The molecule has 0 spiro atoms. The summed E-state index contributed by atoms with van der Waals surface area (Å²) in [6.07, 6.45) is 2.20. The minimum atomic E-state index is -0.452. The monoisotopic (exact) mass is 248 g/mol. The summed E-state index contributed by atoms with van der Waals surface area (Å²) < 4.78 is 0. The summed E-state index contributed by atoms with van der Waals surface area (Å²) in [4.78, 5) is 11.9. The van der Waals surface area contributed by atoms with Crippen LogP contribution in [0.25, 0.3) is 0 Å². The zero-order valence-electron chi connectivity index (χ0n) is 10.7. The molecule has 4 heteroatoms. The molecule has 98 valence electrons. The molecule has 0 aromatic heterocycles. The molecule has 0 aliphatic carbocycles. The van der Waals surface area contributed by atoms with Gasteiger partial charge in [0.1, 0.15) is 0 Å². The maximum absolute atomic E-state index is 11.9. The average molecular weight is 248 g/mol. The van der Waals surface area contributed by atoms with Crippen LogP contribution in [0.1, 0.15) is 35.7 Å². The topological polar surface area (TPSA) is 61.4 Å². The van der Waals surface area contributed by atoms with Gasteiger partial charge in [-0.3, -0.25) is 4.79 Å². The van der Waals surface area contributed by atoms with E-state index in [0.717, 1.165) is 25.1 Å². The number of carbonyl (C=O) groups is 1. The predicted molar refractivity (Wildman–Crippen MR) is 71.9 cm³/mol. The van der Waals surface area contributed by atoms with E-state index in [4.69, 9.17) is 0 Å². The molecular formula is C14H20N2O2. The summed E-state index contributed by atoms with van der Waals surface area (Å²) in [5.74, 6) is -0.123. The number of anilines is 1. The number of nitrogens with one attached hydrogen (secondary N) is 2. The first-order chi connectivity index (χ1) is 8.70. The molecule has 1 aliphatic heterocycles. The van der Waals surface area contributed by atoms with Crippen LogP contribution in [-0.2, 0) is 6.42 Å². The standard InChI is InChI=1S/C14H20N2O2/c1-2-3-12(17)9-16-14(18)11-5-4-10-6-7-15-13(10)8-11/h4-5,8,12,15,17H,2-3,6-7,9H2,1H3,(H,16,18). The maximum Gasteiger partial charge on any atom is 0.251 e. The normalized spacial score (nSPS) is 14.8. The van der Waals surface area contributed by atoms with E-state index in [1.54, 1.807) is 0 Å². The van der Waals surface area contributed by atoms with E-state index in [0.29, 0.717) is 18.5 Å². The number of fused-ring (bicyclic) bond motifs is 1. The van der Waals surface area contributed by atoms with E-state index in [-0.39, 0.29) is 5.91 Å². The highest BCUT2D eigenvalue weighted by molar-refractivity contribution is 5.95. The molecule has 4 nitrogen and oxygen atoms in total. The molecule has 0 bridgehead atoms. The number of hydrogen-bond donors (Lipinski definition) is 3. The molecule has 0 radical (unpaired) electrons. The van der Waals surface area contributed by atoms with Crippen LogP contribution >= 0.6 is 0 Å². The molecule has 1 heterocycles. The highest BCUT2D eigenvalue weighted by Gasteiger charge is 2.13. The highest BCUT2D eigenvalue weighted by Crippen LogP contribution is 2.23. The Morgan fingerprint density at radius 3 is 3.17 bits per heavy atom. The third kappa shape index (κ3) is 3.01. The lowest BCUT2D eigenvalue weighted by Crippen LogP contribution is -2.32. The van der Waals surface area contributed by atoms with Gasteiger partial charge in [-0.25, -0.2) is 0 Å². The van der Waals surface area contributed by atoms with E-state index in [1.165, 1.54) is 5.56 Å². The summed E-state index contributed by atoms with van der Waals surface area (Å²) in [6.45, 7) is 3.27. The van der Waals surface area contributed by atoms with Gasteiger partial charge in [-0.1, -0.05) is 19.4 Å². The van der Waals surface area contributed by atoms with Crippen molar-refractivity contribution in [3.8, 4) is 0 Å². The number of carbonyl (C=O) groups excluding carboxylic acids is 1. The molecular weight excluding hydrogens is 228 g/mol. The van der Waals surface area contributed by atoms with Crippen molar-refractivity contribution < 1.29 is 9.90 Å². The van der Waals surface area contributed by atoms with Crippen molar-refractivity contribution in [2.75, 3.05) is 18.4 Å². The van der Waals surface area contributed by atoms with Crippen LogP contribution in [-0.4, -0.2) is 30.2 Å². The van der Waals surface area contributed by atoms with Gasteiger partial charge in [0.25, 0.3) is 5.91 Å². The minimum absolute atomic E-state index is 0.123. The molecule has 1 amide bonds. The van der Waals surface area contributed by atoms with Crippen LogP contribution in [0.5, 0.6) is 0 Å². The van der Waals surface area contributed by atoms with Crippen LogP contribution in [0.15, 0.2) is 18.2 Å². The number of benzene rings is 1. The lowest BCUT2D eigenvalue weighted by molar-refractivity contribution is 0.0910. The van der Waals surface area contributed by atoms with Crippen molar-refractivity contribution in [2.45, 2.75) is 32.3 Å². The van der Waals surface area contributed by atoms with E-state index >= 15 is 0 Å². The van der Waals surface area contributed by atoms with Gasteiger partial charge in [-0.2, -0.15) is 0 Å². The second kappa shape index (κ2) is 5.87. The lowest BCUT2D eigenvalue weighted by Gasteiger charge is -2.11. The second-order valence-electron chi connectivity index (χ2n) is 4.70. The Balaban J connectivity index is 1.93. The number of aliphatic hydroxyl groups excluding tert-OH is 1. The average Bonchev–Trinajstić information content (AvgIpc) is 2.83. The first-order valence-corrected chi connectivity index (χ1v) is 6.53. The molecule has 1 aromatic carbocycles. The smallest absolute Gasteiger partial charge is 0.251 e. The summed E-state index contributed by atoms with van der Waals surface area (Å²) in [5.41, 5.74) is 2.96. The van der Waals surface area contributed by atoms with Crippen molar-refractivity contribution in [2.24, 2.45) is 0 Å². The zero-order valence-corrected chi connectivity index (χ0v) is 10.7. The molecule has 0 saturated heterocycles. The molecule has 2 rings (SSSR count). The van der Waals surface area contributed by atoms with Gasteiger partial charge in [0.15, 0.2) is 0 Å². The Kier molecular flexibility index (Phi) is 4.20. The van der Waals surface area contributed by atoms with Crippen molar-refractivity contribution in [1.82, 2.24) is 5.32 Å². The molecule has 0 saturated carbocycles. The van der Waals surface area contributed by atoms with Crippen molar-refractivity contribution in [3.05, 3.63) is 29.3 Å². The van der Waals surface area contributed by atoms with Gasteiger partial charge in [0, 0.05) is 24.3 Å². The van der Waals surface area contributed by atoms with Gasteiger partial charge in [-0.15, -0.1) is 0 Å². The largest absolute Gasteiger partial charge is 0.391 e. The first kappa shape index (κ1) is 12.9. The minimum Gasteiger partial charge on any atom is -0.391 e. The van der Waals surface area contributed by atoms with E-state index in [1.807, 2.05) is 25.1 Å². The number of amides is 1. The zero-order chi connectivity index (χ0) is 13.0. The quantitative estimate of drug-likeness (QED) is 0.741. The van der Waals surface area contributed by atoms with Gasteiger partial charge in [0.05, 0.1) is 6.10 Å². The first-order valence-electron chi connectivity index (χ1n) is 6.53. The molecule has 1 aromatic rings. The van der Waals surface area contributed by atoms with E-state index < -0.39 is 6.10 Å². The van der Waals surface area contributed by atoms with Gasteiger partial charge in [-0.05, 0) is 30.5 Å². The summed E-state index contributed by atoms with van der Waals surface area (Å²) in [7, 11) is 0. The van der Waals surface area contributed by atoms with Gasteiger partial charge < -0.3 is 15.7 Å². The Morgan fingerprint density at radius 1 is 1.56 bits per heavy atom. The summed E-state index contributed by atoms with van der Waals surface area (Å²) in [6, 6.07) is 5.71. The molecule has 1 aliphatic rings. The third-order valence-electron chi connectivity index (χ3n) is 3.20. The Hall–Kier alpha value is -1.55. The second-order valence-corrected chi connectivity index (χ2v) is 4.70. The fraction of sp³-hybridized carbons (Fsp3) is 0.500. The third-order valence-corrected chi connectivity index (χ3v) is 3.20. The highest BCUT2D eigenvalue weighted by atomic mass is 16.3. The van der Waals surface area contributed by atoms with Gasteiger partial charge in [0.2, 0.25) is 0 Å². The van der Waals surface area contributed by atoms with E-state index in [2.05, 4.69) is 10.6 Å². The fourth-order valence-corrected chi connectivity index (χ4v) is 2.18. The maximum atomic E-state index is 11.9. The number of hydrogen-bond acceptors (Lipinski definition) is 3. The molecule has 1 atom stereocenters. The van der Waals surface area contributed by atoms with Gasteiger partial charge >= 0.3 is 0 Å². The Morgan fingerprint density at radius 2 is 2.39 bits per heavy atom. The fourth-order valence-electron chi connectivity index (χ4n) is 2.18. The molecule has 1 unspecified atom stereocenters. The summed E-state index contributed by atoms with van der Waals surface area (Å²) >= 11 is 0. The van der Waals surface area contributed by atoms with Crippen molar-refractivity contribution in [1.29, 1.82) is 0 Å². The molecule has 3 N–H and O–H groups in total. The lowest BCUT2D eigenvalue weighted by atomic mass is 10.1. The van der Waals surface area contributed by atoms with Crippen LogP contribution in [0.3, 0.4) is 0 Å². The van der Waals surface area contributed by atoms with Crippen LogP contribution < -0.4 is 10.6 Å². The summed E-state index contributed by atoms with van der Waals surface area (Å²) in [5, 5.41) is 15.6.